The smallest absolute Gasteiger partial charge is 0.393 e. The highest BCUT2D eigenvalue weighted by atomic mass is 19.4. The molecule has 0 atom stereocenters. The molecule has 2 N–H and O–H groups in total. The number of rotatable bonds is 2. The molecule has 0 radical (unpaired) electrons. The van der Waals surface area contributed by atoms with Gasteiger partial charge in [0.05, 0.1) is 16.8 Å². The Bertz CT molecular complexity index is 867. The number of benzene rings is 1. The van der Waals surface area contributed by atoms with Crippen molar-refractivity contribution in [3.8, 4) is 11.4 Å². The first-order valence-electron chi connectivity index (χ1n) is 7.03. The monoisotopic (exact) mass is 365 g/mol. The number of anilines is 1. The molecule has 1 aromatic heterocycles. The van der Waals surface area contributed by atoms with E-state index in [1.54, 1.807) is 0 Å². The molecule has 0 amide bonds. The van der Waals surface area contributed by atoms with Crippen LogP contribution in [0.25, 0.3) is 11.4 Å². The summed E-state index contributed by atoms with van der Waals surface area (Å²) in [6, 6.07) is 1.19. The fourth-order valence-corrected chi connectivity index (χ4v) is 2.32. The molecule has 10 heteroatoms. The van der Waals surface area contributed by atoms with E-state index in [-0.39, 0.29) is 29.8 Å². The van der Waals surface area contributed by atoms with Crippen LogP contribution >= 0.6 is 0 Å². The van der Waals surface area contributed by atoms with Crippen molar-refractivity contribution in [1.82, 2.24) is 9.55 Å². The van der Waals surface area contributed by atoms with Gasteiger partial charge in [0.15, 0.2) is 0 Å². The Balaban J connectivity index is 2.87. The van der Waals surface area contributed by atoms with Gasteiger partial charge in [-0.15, -0.1) is 0 Å². The van der Waals surface area contributed by atoms with Crippen LogP contribution in [0.5, 0.6) is 0 Å². The van der Waals surface area contributed by atoms with Crippen LogP contribution in [0, 0.1) is 6.92 Å². The van der Waals surface area contributed by atoms with Gasteiger partial charge in [0, 0.05) is 12.1 Å². The molecule has 0 bridgehead atoms. The second-order valence-corrected chi connectivity index (χ2v) is 5.24. The minimum absolute atomic E-state index is 0.00211. The van der Waals surface area contributed by atoms with E-state index in [1.807, 2.05) is 0 Å². The largest absolute Gasteiger partial charge is 0.417 e. The topological polar surface area (TPSA) is 60.9 Å². The SMILES string of the molecule is CCn1c(-c2ccc(C(F)(F)F)cc2C(F)(F)F)nc(C)c(N)c1=O. The molecule has 136 valence electrons. The molecule has 0 spiro atoms. The summed E-state index contributed by atoms with van der Waals surface area (Å²) in [6.45, 7) is 2.76. The Hall–Kier alpha value is -2.52. The third-order valence-corrected chi connectivity index (χ3v) is 3.60. The zero-order valence-electron chi connectivity index (χ0n) is 13.1. The van der Waals surface area contributed by atoms with Gasteiger partial charge in [-0.2, -0.15) is 26.3 Å². The van der Waals surface area contributed by atoms with E-state index in [4.69, 9.17) is 5.73 Å². The molecule has 25 heavy (non-hydrogen) atoms. The van der Waals surface area contributed by atoms with Crippen LogP contribution in [0.15, 0.2) is 23.0 Å². The molecule has 0 aliphatic carbocycles. The van der Waals surface area contributed by atoms with E-state index in [0.717, 1.165) is 4.57 Å². The van der Waals surface area contributed by atoms with E-state index in [0.29, 0.717) is 12.1 Å². The Labute approximate surface area is 137 Å². The lowest BCUT2D eigenvalue weighted by atomic mass is 10.0. The zero-order valence-corrected chi connectivity index (χ0v) is 13.1. The lowest BCUT2D eigenvalue weighted by Crippen LogP contribution is -2.27. The second-order valence-electron chi connectivity index (χ2n) is 5.24. The van der Waals surface area contributed by atoms with Gasteiger partial charge >= 0.3 is 12.4 Å². The number of aromatic nitrogens is 2. The fraction of sp³-hybridized carbons (Fsp3) is 0.333. The van der Waals surface area contributed by atoms with Gasteiger partial charge in [-0.1, -0.05) is 6.07 Å². The second kappa shape index (κ2) is 6.08. The minimum atomic E-state index is -5.07. The summed E-state index contributed by atoms with van der Waals surface area (Å²) >= 11 is 0. The average Bonchev–Trinajstić information content (AvgIpc) is 2.50. The number of nitrogen functional groups attached to an aromatic ring is 1. The first-order valence-corrected chi connectivity index (χ1v) is 7.03. The number of hydrogen-bond acceptors (Lipinski definition) is 3. The molecular weight excluding hydrogens is 352 g/mol. The number of hydrogen-bond donors (Lipinski definition) is 1. The normalized spacial score (nSPS) is 12.5. The highest BCUT2D eigenvalue weighted by molar-refractivity contribution is 5.64. The molecule has 0 aliphatic rings. The predicted octanol–water partition coefficient (Wildman–Crippen LogP) is 3.86. The quantitative estimate of drug-likeness (QED) is 0.823. The number of halogens is 6. The summed E-state index contributed by atoms with van der Waals surface area (Å²) in [5.41, 5.74) is 0.966. The van der Waals surface area contributed by atoms with Crippen molar-refractivity contribution in [2.75, 3.05) is 5.73 Å². The van der Waals surface area contributed by atoms with Crippen molar-refractivity contribution in [3.05, 3.63) is 45.4 Å². The third-order valence-electron chi connectivity index (χ3n) is 3.60. The van der Waals surface area contributed by atoms with Gasteiger partial charge in [-0.25, -0.2) is 4.98 Å². The minimum Gasteiger partial charge on any atom is -0.393 e. The number of alkyl halides is 6. The Morgan fingerprint density at radius 3 is 2.20 bits per heavy atom. The highest BCUT2D eigenvalue weighted by Gasteiger charge is 2.39. The third kappa shape index (κ3) is 3.47. The summed E-state index contributed by atoms with van der Waals surface area (Å²) in [5.74, 6) is -0.389. The lowest BCUT2D eigenvalue weighted by Gasteiger charge is -2.18. The molecule has 0 unspecified atom stereocenters. The van der Waals surface area contributed by atoms with Gasteiger partial charge < -0.3 is 5.73 Å². The van der Waals surface area contributed by atoms with Crippen molar-refractivity contribution >= 4 is 5.69 Å². The van der Waals surface area contributed by atoms with Crippen LogP contribution in [0.1, 0.15) is 23.7 Å². The average molecular weight is 365 g/mol. The van der Waals surface area contributed by atoms with Crippen LogP contribution in [0.4, 0.5) is 32.0 Å². The van der Waals surface area contributed by atoms with Gasteiger partial charge in [-0.3, -0.25) is 9.36 Å². The van der Waals surface area contributed by atoms with E-state index in [9.17, 15) is 31.1 Å². The van der Waals surface area contributed by atoms with Crippen LogP contribution in [-0.2, 0) is 18.9 Å². The van der Waals surface area contributed by atoms with Crippen molar-refractivity contribution in [3.63, 3.8) is 0 Å². The van der Waals surface area contributed by atoms with Crippen molar-refractivity contribution < 1.29 is 26.3 Å². The van der Waals surface area contributed by atoms with Crippen molar-refractivity contribution in [2.24, 2.45) is 0 Å². The van der Waals surface area contributed by atoms with Gasteiger partial charge in [0.25, 0.3) is 5.56 Å². The van der Waals surface area contributed by atoms with Crippen LogP contribution in [0.3, 0.4) is 0 Å². The summed E-state index contributed by atoms with van der Waals surface area (Å²) < 4.78 is 79.1. The van der Waals surface area contributed by atoms with Crippen LogP contribution in [-0.4, -0.2) is 9.55 Å². The van der Waals surface area contributed by atoms with Crippen LogP contribution < -0.4 is 11.3 Å². The Kier molecular flexibility index (Phi) is 4.58. The van der Waals surface area contributed by atoms with Gasteiger partial charge in [0.1, 0.15) is 11.5 Å². The van der Waals surface area contributed by atoms with Crippen LogP contribution in [0.2, 0.25) is 0 Å². The first kappa shape index (κ1) is 18.8. The van der Waals surface area contributed by atoms with Crippen molar-refractivity contribution in [2.45, 2.75) is 32.7 Å². The van der Waals surface area contributed by atoms with E-state index < -0.39 is 34.6 Å². The Morgan fingerprint density at radius 1 is 1.12 bits per heavy atom. The lowest BCUT2D eigenvalue weighted by molar-refractivity contribution is -0.142. The molecule has 1 aromatic carbocycles. The Morgan fingerprint density at radius 2 is 1.72 bits per heavy atom. The molecule has 4 nitrogen and oxygen atoms in total. The van der Waals surface area contributed by atoms with Gasteiger partial charge in [0.2, 0.25) is 0 Å². The summed E-state index contributed by atoms with van der Waals surface area (Å²) in [6.07, 6.45) is -10.0. The molecule has 0 saturated carbocycles. The fourth-order valence-electron chi connectivity index (χ4n) is 2.32. The van der Waals surface area contributed by atoms with Crippen molar-refractivity contribution in [1.29, 1.82) is 0 Å². The standard InChI is InChI=1S/C15H13F6N3O/c1-3-24-12(23-7(2)11(22)13(24)25)9-5-4-8(14(16,17)18)6-10(9)15(19,20)21/h4-6H,3,22H2,1-2H3. The highest BCUT2D eigenvalue weighted by Crippen LogP contribution is 2.40. The van der Waals surface area contributed by atoms with E-state index in [1.165, 1.54) is 13.8 Å². The zero-order chi connectivity index (χ0) is 19.2. The molecule has 2 aromatic rings. The van der Waals surface area contributed by atoms with E-state index >= 15 is 0 Å². The molecule has 2 rings (SSSR count). The molecule has 0 fully saturated rings. The maximum Gasteiger partial charge on any atom is 0.417 e. The molecule has 0 saturated heterocycles. The summed E-state index contributed by atoms with van der Waals surface area (Å²) in [5, 5.41) is 0. The van der Waals surface area contributed by atoms with Gasteiger partial charge in [-0.05, 0) is 26.0 Å². The predicted molar refractivity (Wildman–Crippen MR) is 78.8 cm³/mol. The number of nitrogens with two attached hydrogens (primary N) is 1. The maximum atomic E-state index is 13.3. The number of aryl methyl sites for hydroxylation is 1. The summed E-state index contributed by atoms with van der Waals surface area (Å²) in [4.78, 5) is 16.0. The molecule has 1 heterocycles. The first-order chi connectivity index (χ1) is 11.4. The van der Waals surface area contributed by atoms with E-state index in [2.05, 4.69) is 4.98 Å². The molecule has 0 aliphatic heterocycles. The molecular formula is C15H13F6N3O. The number of nitrogens with zero attached hydrogens (tertiary/aromatic N) is 2. The maximum absolute atomic E-state index is 13.3. The summed E-state index contributed by atoms with van der Waals surface area (Å²) in [7, 11) is 0.